The summed E-state index contributed by atoms with van der Waals surface area (Å²) in [5.74, 6) is 1.94. The summed E-state index contributed by atoms with van der Waals surface area (Å²) in [7, 11) is 0. The fourth-order valence-electron chi connectivity index (χ4n) is 9.01. The monoisotopic (exact) mass is 791 g/mol. The Balaban J connectivity index is 0.917. The Morgan fingerprint density at radius 1 is 0.226 bits per heavy atom. The molecule has 0 unspecified atom stereocenters. The van der Waals surface area contributed by atoms with Gasteiger partial charge in [0.15, 0.2) is 17.5 Å². The summed E-state index contributed by atoms with van der Waals surface area (Å²) >= 11 is 0. The number of para-hydroxylation sites is 3. The lowest BCUT2D eigenvalue weighted by Crippen LogP contribution is -2.00. The van der Waals surface area contributed by atoms with Crippen molar-refractivity contribution in [1.82, 2.24) is 24.1 Å². The van der Waals surface area contributed by atoms with Gasteiger partial charge in [0.1, 0.15) is 0 Å². The molecule has 0 spiro atoms. The zero-order valence-electron chi connectivity index (χ0n) is 33.6. The Labute approximate surface area is 358 Å². The van der Waals surface area contributed by atoms with Gasteiger partial charge < -0.3 is 9.13 Å². The van der Waals surface area contributed by atoms with E-state index in [0.29, 0.717) is 17.5 Å². The van der Waals surface area contributed by atoms with Gasteiger partial charge in [0, 0.05) is 49.6 Å². The number of nitrogens with zero attached hydrogens (tertiary/aromatic N) is 5. The molecule has 0 saturated carbocycles. The molecule has 12 aromatic rings. The lowest BCUT2D eigenvalue weighted by molar-refractivity contribution is 1.07. The van der Waals surface area contributed by atoms with Gasteiger partial charge in [0.25, 0.3) is 0 Å². The minimum atomic E-state index is 0.638. The Hall–Kier alpha value is -8.41. The van der Waals surface area contributed by atoms with E-state index in [0.717, 1.165) is 39.2 Å². The molecule has 0 atom stereocenters. The van der Waals surface area contributed by atoms with Gasteiger partial charge in [0.05, 0.1) is 22.1 Å². The highest BCUT2D eigenvalue weighted by Gasteiger charge is 2.17. The number of aromatic nitrogens is 5. The van der Waals surface area contributed by atoms with Crippen molar-refractivity contribution in [3.05, 3.63) is 224 Å². The van der Waals surface area contributed by atoms with Crippen LogP contribution in [0, 0.1) is 0 Å². The average Bonchev–Trinajstić information content (AvgIpc) is 3.87. The molecular weight excluding hydrogens is 755 g/mol. The largest absolute Gasteiger partial charge is 0.309 e. The first-order valence-electron chi connectivity index (χ1n) is 20.9. The highest BCUT2D eigenvalue weighted by molar-refractivity contribution is 6.12. The van der Waals surface area contributed by atoms with Crippen molar-refractivity contribution >= 4 is 43.6 Å². The number of hydrogen-bond donors (Lipinski definition) is 0. The van der Waals surface area contributed by atoms with Gasteiger partial charge in [0.2, 0.25) is 0 Å². The second-order valence-electron chi connectivity index (χ2n) is 15.7. The molecule has 0 amide bonds. The van der Waals surface area contributed by atoms with E-state index in [4.69, 9.17) is 15.0 Å². The van der Waals surface area contributed by atoms with Crippen LogP contribution in [0.1, 0.15) is 0 Å². The van der Waals surface area contributed by atoms with Crippen molar-refractivity contribution in [2.24, 2.45) is 0 Å². The van der Waals surface area contributed by atoms with Gasteiger partial charge in [-0.3, -0.25) is 0 Å². The highest BCUT2D eigenvalue weighted by atomic mass is 15.0. The molecule has 3 aromatic heterocycles. The molecule has 0 aliphatic rings. The second-order valence-corrected chi connectivity index (χ2v) is 15.7. The summed E-state index contributed by atoms with van der Waals surface area (Å²) in [5, 5.41) is 4.96. The third kappa shape index (κ3) is 6.06. The van der Waals surface area contributed by atoms with Crippen LogP contribution in [-0.2, 0) is 0 Å². The van der Waals surface area contributed by atoms with Crippen molar-refractivity contribution in [3.63, 3.8) is 0 Å². The minimum Gasteiger partial charge on any atom is -0.309 e. The van der Waals surface area contributed by atoms with Gasteiger partial charge in [-0.15, -0.1) is 0 Å². The van der Waals surface area contributed by atoms with Crippen molar-refractivity contribution in [1.29, 1.82) is 0 Å². The molecule has 62 heavy (non-hydrogen) atoms. The third-order valence-corrected chi connectivity index (χ3v) is 12.0. The van der Waals surface area contributed by atoms with E-state index in [1.807, 2.05) is 60.7 Å². The SMILES string of the molecule is c1ccc(-c2nc(-c3ccccc3)nc(-c3cccc(-c4ccc(-n5c6ccccc6c6cc(-c7ccc8c9ccccc9n(-c9ccccc9)c8c7)ccc65)cc4)c3)n2)cc1. The molecule has 0 N–H and O–H groups in total. The molecule has 0 bridgehead atoms. The summed E-state index contributed by atoms with van der Waals surface area (Å²) < 4.78 is 4.76. The van der Waals surface area contributed by atoms with Crippen LogP contribution in [0.15, 0.2) is 224 Å². The number of benzene rings is 9. The van der Waals surface area contributed by atoms with Crippen LogP contribution >= 0.6 is 0 Å². The molecule has 12 rings (SSSR count). The topological polar surface area (TPSA) is 48.5 Å². The number of hydrogen-bond acceptors (Lipinski definition) is 3. The van der Waals surface area contributed by atoms with Crippen LogP contribution in [0.5, 0.6) is 0 Å². The second kappa shape index (κ2) is 14.7. The molecule has 0 fully saturated rings. The average molecular weight is 792 g/mol. The Morgan fingerprint density at radius 3 is 1.31 bits per heavy atom. The summed E-state index contributed by atoms with van der Waals surface area (Å²) in [6, 6.07) is 79.4. The zero-order chi connectivity index (χ0) is 41.0. The maximum Gasteiger partial charge on any atom is 0.164 e. The van der Waals surface area contributed by atoms with E-state index in [1.165, 1.54) is 54.7 Å². The van der Waals surface area contributed by atoms with Crippen LogP contribution in [0.4, 0.5) is 0 Å². The van der Waals surface area contributed by atoms with Crippen LogP contribution < -0.4 is 0 Å². The van der Waals surface area contributed by atoms with Crippen molar-refractivity contribution in [3.8, 4) is 67.8 Å². The van der Waals surface area contributed by atoms with Gasteiger partial charge in [-0.25, -0.2) is 15.0 Å². The van der Waals surface area contributed by atoms with Crippen LogP contribution in [0.25, 0.3) is 111 Å². The molecule has 0 aliphatic carbocycles. The molecule has 0 aliphatic heterocycles. The predicted octanol–water partition coefficient (Wildman–Crippen LogP) is 14.4. The maximum atomic E-state index is 4.98. The fraction of sp³-hybridized carbons (Fsp3) is 0. The van der Waals surface area contributed by atoms with Crippen LogP contribution in [0.2, 0.25) is 0 Å². The lowest BCUT2D eigenvalue weighted by atomic mass is 10.0. The predicted molar refractivity (Wildman–Crippen MR) is 256 cm³/mol. The normalized spacial score (nSPS) is 11.5. The van der Waals surface area contributed by atoms with Gasteiger partial charge in [-0.2, -0.15) is 0 Å². The standard InChI is InChI=1S/C57H37N5/c1-4-15-39(16-5-1)55-58-56(40-17-6-2-7-18-40)60-57(59-55)44-20-14-19-41(35-44)38-27-31-46(32-28-38)61-52-26-13-11-24-48(52)50-36-42(30-34-53(50)61)43-29-33-49-47-23-10-12-25-51(47)62(54(49)37-43)45-21-8-3-9-22-45/h1-37H. The molecule has 0 radical (unpaired) electrons. The highest BCUT2D eigenvalue weighted by Crippen LogP contribution is 2.39. The summed E-state index contributed by atoms with van der Waals surface area (Å²) in [6.07, 6.45) is 0. The molecule has 290 valence electrons. The van der Waals surface area contributed by atoms with E-state index in [-0.39, 0.29) is 0 Å². The first-order valence-corrected chi connectivity index (χ1v) is 20.9. The van der Waals surface area contributed by atoms with Crippen molar-refractivity contribution < 1.29 is 0 Å². The first-order chi connectivity index (χ1) is 30.7. The smallest absolute Gasteiger partial charge is 0.164 e. The van der Waals surface area contributed by atoms with Crippen molar-refractivity contribution in [2.75, 3.05) is 0 Å². The molecule has 5 nitrogen and oxygen atoms in total. The van der Waals surface area contributed by atoms with Crippen LogP contribution in [0.3, 0.4) is 0 Å². The van der Waals surface area contributed by atoms with Gasteiger partial charge >= 0.3 is 0 Å². The fourth-order valence-corrected chi connectivity index (χ4v) is 9.01. The molecule has 5 heteroatoms. The number of rotatable bonds is 7. The van der Waals surface area contributed by atoms with E-state index < -0.39 is 0 Å². The maximum absolute atomic E-state index is 4.98. The van der Waals surface area contributed by atoms with E-state index in [1.54, 1.807) is 0 Å². The van der Waals surface area contributed by atoms with E-state index in [2.05, 4.69) is 173 Å². The van der Waals surface area contributed by atoms with E-state index >= 15 is 0 Å². The van der Waals surface area contributed by atoms with Crippen LogP contribution in [-0.4, -0.2) is 24.1 Å². The Bertz CT molecular complexity index is 3550. The van der Waals surface area contributed by atoms with E-state index in [9.17, 15) is 0 Å². The molecule has 0 saturated heterocycles. The summed E-state index contributed by atoms with van der Waals surface area (Å²) in [6.45, 7) is 0. The summed E-state index contributed by atoms with van der Waals surface area (Å²) in [4.78, 5) is 14.8. The quantitative estimate of drug-likeness (QED) is 0.162. The van der Waals surface area contributed by atoms with Gasteiger partial charge in [-0.05, 0) is 82.9 Å². The lowest BCUT2D eigenvalue weighted by Gasteiger charge is -2.11. The first kappa shape index (κ1) is 35.5. The Kier molecular flexibility index (Phi) is 8.42. The number of fused-ring (bicyclic) bond motifs is 6. The molecule has 3 heterocycles. The minimum absolute atomic E-state index is 0.638. The molecule has 9 aromatic carbocycles. The summed E-state index contributed by atoms with van der Waals surface area (Å²) in [5.41, 5.74) is 14.4. The Morgan fingerprint density at radius 2 is 0.645 bits per heavy atom. The third-order valence-electron chi connectivity index (χ3n) is 12.0. The van der Waals surface area contributed by atoms with Crippen molar-refractivity contribution in [2.45, 2.75) is 0 Å². The van der Waals surface area contributed by atoms with Gasteiger partial charge in [-0.1, -0.05) is 164 Å². The zero-order valence-corrected chi connectivity index (χ0v) is 33.6. The molecular formula is C57H37N5.